The van der Waals surface area contributed by atoms with E-state index >= 15 is 0 Å². The summed E-state index contributed by atoms with van der Waals surface area (Å²) >= 11 is 0. The lowest BCUT2D eigenvalue weighted by Gasteiger charge is -2.42. The van der Waals surface area contributed by atoms with E-state index in [0.717, 1.165) is 11.1 Å². The standard InChI is InChI=1S/C22H21O/c1-16-14-17(2)21(18-10-6-4-7-11-18)22(3,20(16)15-23)19-12-8-5-9-13-19/h4-14,20H,1-3H3. The van der Waals surface area contributed by atoms with Crippen LogP contribution in [0.25, 0.3) is 5.57 Å². The molecule has 0 N–H and O–H groups in total. The predicted molar refractivity (Wildman–Crippen MR) is 95.8 cm³/mol. The zero-order valence-electron chi connectivity index (χ0n) is 13.8. The molecule has 0 aliphatic heterocycles. The Balaban J connectivity index is 2.32. The minimum absolute atomic E-state index is 0.274. The normalized spacial score (nSPS) is 24.3. The van der Waals surface area contributed by atoms with Crippen molar-refractivity contribution in [2.45, 2.75) is 26.2 Å². The highest BCUT2D eigenvalue weighted by molar-refractivity contribution is 5.86. The molecule has 1 aliphatic carbocycles. The number of benzene rings is 2. The second-order valence-corrected chi connectivity index (χ2v) is 6.43. The molecule has 2 atom stereocenters. The number of hydrogen-bond acceptors (Lipinski definition) is 1. The van der Waals surface area contributed by atoms with Crippen LogP contribution in [0, 0.1) is 5.92 Å². The van der Waals surface area contributed by atoms with Gasteiger partial charge in [0, 0.05) is 5.41 Å². The fraction of sp³-hybridized carbons (Fsp3) is 0.227. The number of rotatable bonds is 3. The molecule has 2 unspecified atom stereocenters. The average Bonchev–Trinajstić information content (AvgIpc) is 2.56. The second-order valence-electron chi connectivity index (χ2n) is 6.43. The molecule has 0 fully saturated rings. The van der Waals surface area contributed by atoms with Crippen molar-refractivity contribution in [1.29, 1.82) is 0 Å². The van der Waals surface area contributed by atoms with Crippen molar-refractivity contribution in [3.05, 3.63) is 89.0 Å². The summed E-state index contributed by atoms with van der Waals surface area (Å²) in [5, 5.41) is 0. The summed E-state index contributed by atoms with van der Waals surface area (Å²) in [6.07, 6.45) is 4.44. The monoisotopic (exact) mass is 301 g/mol. The summed E-state index contributed by atoms with van der Waals surface area (Å²) in [4.78, 5) is 11.9. The largest absolute Gasteiger partial charge is 0.290 e. The zero-order chi connectivity index (χ0) is 16.4. The van der Waals surface area contributed by atoms with Gasteiger partial charge in [-0.15, -0.1) is 0 Å². The molecule has 0 heterocycles. The third kappa shape index (κ3) is 2.46. The van der Waals surface area contributed by atoms with E-state index in [-0.39, 0.29) is 5.92 Å². The molecule has 1 aliphatic rings. The van der Waals surface area contributed by atoms with Crippen LogP contribution in [-0.2, 0) is 10.2 Å². The van der Waals surface area contributed by atoms with Gasteiger partial charge in [0.25, 0.3) is 0 Å². The molecule has 2 aromatic rings. The molecule has 0 saturated carbocycles. The van der Waals surface area contributed by atoms with Crippen LogP contribution in [0.2, 0.25) is 0 Å². The highest BCUT2D eigenvalue weighted by Crippen LogP contribution is 2.50. The Bertz CT molecular complexity index is 768. The highest BCUT2D eigenvalue weighted by atomic mass is 16.1. The summed E-state index contributed by atoms with van der Waals surface area (Å²) in [6, 6.07) is 20.7. The summed E-state index contributed by atoms with van der Waals surface area (Å²) in [6.45, 7) is 6.33. The molecule has 1 nitrogen and oxygen atoms in total. The third-order valence-corrected chi connectivity index (χ3v) is 4.94. The van der Waals surface area contributed by atoms with Gasteiger partial charge in [-0.25, -0.2) is 0 Å². The highest BCUT2D eigenvalue weighted by Gasteiger charge is 2.44. The fourth-order valence-corrected chi connectivity index (χ4v) is 3.94. The van der Waals surface area contributed by atoms with E-state index in [9.17, 15) is 4.79 Å². The smallest absolute Gasteiger partial charge is 0.207 e. The van der Waals surface area contributed by atoms with Crippen molar-refractivity contribution in [3.63, 3.8) is 0 Å². The van der Waals surface area contributed by atoms with Crippen LogP contribution in [0.5, 0.6) is 0 Å². The van der Waals surface area contributed by atoms with Gasteiger partial charge >= 0.3 is 0 Å². The van der Waals surface area contributed by atoms with Crippen LogP contribution >= 0.6 is 0 Å². The first-order valence-corrected chi connectivity index (χ1v) is 7.97. The van der Waals surface area contributed by atoms with Gasteiger partial charge in [0.1, 0.15) is 0 Å². The van der Waals surface area contributed by atoms with Crippen molar-refractivity contribution < 1.29 is 4.79 Å². The molecular formula is C22H21O. The molecule has 0 amide bonds. The van der Waals surface area contributed by atoms with Crippen LogP contribution in [0.1, 0.15) is 31.9 Å². The van der Waals surface area contributed by atoms with E-state index < -0.39 is 5.41 Å². The molecule has 1 radical (unpaired) electrons. The molecule has 0 bridgehead atoms. The van der Waals surface area contributed by atoms with Gasteiger partial charge < -0.3 is 0 Å². The Labute approximate surface area is 138 Å². The van der Waals surface area contributed by atoms with Crippen LogP contribution in [0.4, 0.5) is 0 Å². The Hall–Kier alpha value is -2.41. The molecule has 115 valence electrons. The first kappa shape index (κ1) is 15.5. The maximum absolute atomic E-state index is 11.9. The summed E-state index contributed by atoms with van der Waals surface area (Å²) in [5.74, 6) is -0.274. The Morgan fingerprint density at radius 1 is 0.913 bits per heavy atom. The number of carbonyl (C=O) groups excluding carboxylic acids is 1. The lowest BCUT2D eigenvalue weighted by atomic mass is 9.60. The molecular weight excluding hydrogens is 280 g/mol. The van der Waals surface area contributed by atoms with Crippen molar-refractivity contribution in [1.82, 2.24) is 0 Å². The summed E-state index contributed by atoms with van der Waals surface area (Å²) < 4.78 is 0. The molecule has 0 aromatic heterocycles. The van der Waals surface area contributed by atoms with Crippen LogP contribution in [0.15, 0.2) is 77.9 Å². The molecule has 0 saturated heterocycles. The van der Waals surface area contributed by atoms with Crippen molar-refractivity contribution in [3.8, 4) is 0 Å². The van der Waals surface area contributed by atoms with Gasteiger partial charge in [0.2, 0.25) is 6.29 Å². The Morgan fingerprint density at radius 2 is 1.48 bits per heavy atom. The summed E-state index contributed by atoms with van der Waals surface area (Å²) in [5.41, 5.74) is 5.41. The minimum Gasteiger partial charge on any atom is -0.290 e. The maximum atomic E-state index is 11.9. The Kier molecular flexibility index (Phi) is 4.04. The quantitative estimate of drug-likeness (QED) is 0.770. The SMILES string of the molecule is CC1=CC(C)=C(c2ccccc2)C(C)(c2ccccc2)C1[C]=O. The van der Waals surface area contributed by atoms with Crippen LogP contribution < -0.4 is 0 Å². The van der Waals surface area contributed by atoms with Gasteiger partial charge in [-0.3, -0.25) is 4.79 Å². The Morgan fingerprint density at radius 3 is 2.04 bits per heavy atom. The predicted octanol–water partition coefficient (Wildman–Crippen LogP) is 5.10. The van der Waals surface area contributed by atoms with E-state index in [4.69, 9.17) is 0 Å². The second kappa shape index (κ2) is 6.00. The maximum Gasteiger partial charge on any atom is 0.207 e. The molecule has 2 aromatic carbocycles. The lowest BCUT2D eigenvalue weighted by molar-refractivity contribution is 0.465. The number of allylic oxidation sites excluding steroid dienone is 4. The van der Waals surface area contributed by atoms with E-state index in [1.54, 1.807) is 0 Å². The van der Waals surface area contributed by atoms with E-state index in [1.165, 1.54) is 16.7 Å². The lowest BCUT2D eigenvalue weighted by Crippen LogP contribution is -2.38. The van der Waals surface area contributed by atoms with Crippen LogP contribution in [-0.4, -0.2) is 6.29 Å². The van der Waals surface area contributed by atoms with Gasteiger partial charge in [0.05, 0.1) is 5.92 Å². The first-order chi connectivity index (χ1) is 11.1. The molecule has 3 rings (SSSR count). The molecule has 23 heavy (non-hydrogen) atoms. The average molecular weight is 301 g/mol. The van der Waals surface area contributed by atoms with Crippen molar-refractivity contribution in [2.24, 2.45) is 5.92 Å². The van der Waals surface area contributed by atoms with Crippen molar-refractivity contribution in [2.75, 3.05) is 0 Å². The van der Waals surface area contributed by atoms with Crippen LogP contribution in [0.3, 0.4) is 0 Å². The minimum atomic E-state index is -0.409. The van der Waals surface area contributed by atoms with Gasteiger partial charge in [-0.2, -0.15) is 0 Å². The molecule has 0 spiro atoms. The third-order valence-electron chi connectivity index (χ3n) is 4.94. The van der Waals surface area contributed by atoms with E-state index in [1.807, 2.05) is 43.3 Å². The number of hydrogen-bond donors (Lipinski definition) is 0. The summed E-state index contributed by atoms with van der Waals surface area (Å²) in [7, 11) is 0. The van der Waals surface area contributed by atoms with Gasteiger partial charge in [0.15, 0.2) is 0 Å². The zero-order valence-corrected chi connectivity index (χ0v) is 13.8. The van der Waals surface area contributed by atoms with Gasteiger partial charge in [-0.05, 0) is 36.1 Å². The topological polar surface area (TPSA) is 17.1 Å². The van der Waals surface area contributed by atoms with Gasteiger partial charge in [-0.1, -0.05) is 79.2 Å². The van der Waals surface area contributed by atoms with E-state index in [0.29, 0.717) is 0 Å². The first-order valence-electron chi connectivity index (χ1n) is 7.97. The van der Waals surface area contributed by atoms with Crippen molar-refractivity contribution >= 4 is 11.9 Å². The fourth-order valence-electron chi connectivity index (χ4n) is 3.94. The molecule has 1 heteroatoms. The van der Waals surface area contributed by atoms with E-state index in [2.05, 4.69) is 50.5 Å².